The molecule has 2 rings (SSSR count). The number of benzene rings is 2. The number of amides is 2. The summed E-state index contributed by atoms with van der Waals surface area (Å²) in [6, 6.07) is 13.9. The lowest BCUT2D eigenvalue weighted by Gasteiger charge is -2.29. The molecule has 6 heteroatoms. The summed E-state index contributed by atoms with van der Waals surface area (Å²) in [4.78, 5) is 27.2. The summed E-state index contributed by atoms with van der Waals surface area (Å²) in [5, 5.41) is 4.13. The first-order chi connectivity index (χ1) is 13.3. The van der Waals surface area contributed by atoms with Crippen LogP contribution in [-0.2, 0) is 22.6 Å². The van der Waals surface area contributed by atoms with E-state index in [1.807, 2.05) is 44.2 Å². The van der Waals surface area contributed by atoms with E-state index in [4.69, 9.17) is 23.2 Å². The highest BCUT2D eigenvalue weighted by Gasteiger charge is 2.26. The van der Waals surface area contributed by atoms with Crippen molar-refractivity contribution in [1.82, 2.24) is 10.2 Å². The van der Waals surface area contributed by atoms with Crippen molar-refractivity contribution in [3.05, 3.63) is 69.7 Å². The van der Waals surface area contributed by atoms with Crippen LogP contribution in [0.4, 0.5) is 0 Å². The first kappa shape index (κ1) is 22.3. The molecule has 150 valence electrons. The first-order valence-electron chi connectivity index (χ1n) is 9.32. The minimum atomic E-state index is -0.600. The van der Waals surface area contributed by atoms with E-state index in [0.29, 0.717) is 29.1 Å². The van der Waals surface area contributed by atoms with Gasteiger partial charge in [-0.25, -0.2) is 0 Å². The molecular formula is C22H26Cl2N2O2. The monoisotopic (exact) mass is 420 g/mol. The third kappa shape index (κ3) is 6.84. The molecule has 0 fully saturated rings. The predicted octanol–water partition coefficient (Wildman–Crippen LogP) is 4.73. The van der Waals surface area contributed by atoms with Gasteiger partial charge in [-0.1, -0.05) is 61.3 Å². The molecule has 2 aromatic carbocycles. The molecule has 0 saturated heterocycles. The van der Waals surface area contributed by atoms with Crippen molar-refractivity contribution in [2.45, 2.75) is 39.8 Å². The third-order valence-corrected chi connectivity index (χ3v) is 4.85. The Morgan fingerprint density at radius 3 is 2.25 bits per heavy atom. The van der Waals surface area contributed by atoms with Crippen LogP contribution in [-0.4, -0.2) is 29.3 Å². The van der Waals surface area contributed by atoms with Crippen molar-refractivity contribution in [2.75, 3.05) is 6.54 Å². The summed E-state index contributed by atoms with van der Waals surface area (Å²) in [5.74, 6) is 0.0389. The van der Waals surface area contributed by atoms with Crippen molar-refractivity contribution in [1.29, 1.82) is 0 Å². The van der Waals surface area contributed by atoms with E-state index >= 15 is 0 Å². The van der Waals surface area contributed by atoms with Crippen molar-refractivity contribution in [3.63, 3.8) is 0 Å². The standard InChI is InChI=1S/C22H26Cl2N2O2/c1-15(2)13-25-22(28)16(3)26(14-18-5-4-6-20(24)11-18)21(27)12-17-7-9-19(23)10-8-17/h4-11,15-16H,12-14H2,1-3H3,(H,25,28)/t16-/m1/s1. The number of hydrogen-bond acceptors (Lipinski definition) is 2. The Labute approximate surface area is 176 Å². The number of rotatable bonds is 8. The number of halogens is 2. The van der Waals surface area contributed by atoms with Crippen LogP contribution in [0.25, 0.3) is 0 Å². The molecule has 0 aromatic heterocycles. The van der Waals surface area contributed by atoms with Gasteiger partial charge in [0.2, 0.25) is 11.8 Å². The average Bonchev–Trinajstić information content (AvgIpc) is 2.65. The molecule has 0 bridgehead atoms. The van der Waals surface area contributed by atoms with E-state index in [2.05, 4.69) is 5.32 Å². The van der Waals surface area contributed by atoms with Gasteiger partial charge in [-0.15, -0.1) is 0 Å². The third-order valence-electron chi connectivity index (χ3n) is 4.36. The molecule has 0 aliphatic heterocycles. The van der Waals surface area contributed by atoms with Gasteiger partial charge in [0, 0.05) is 23.1 Å². The molecule has 28 heavy (non-hydrogen) atoms. The topological polar surface area (TPSA) is 49.4 Å². The lowest BCUT2D eigenvalue weighted by atomic mass is 10.1. The Hall–Kier alpha value is -2.04. The molecule has 4 nitrogen and oxygen atoms in total. The maximum Gasteiger partial charge on any atom is 0.242 e. The fraction of sp³-hybridized carbons (Fsp3) is 0.364. The molecule has 2 amide bonds. The Morgan fingerprint density at radius 2 is 1.64 bits per heavy atom. The van der Waals surface area contributed by atoms with Crippen LogP contribution < -0.4 is 5.32 Å². The minimum absolute atomic E-state index is 0.130. The quantitative estimate of drug-likeness (QED) is 0.670. The second-order valence-corrected chi connectivity index (χ2v) is 8.14. The van der Waals surface area contributed by atoms with Crippen molar-refractivity contribution in [2.24, 2.45) is 5.92 Å². The smallest absolute Gasteiger partial charge is 0.242 e. The van der Waals surface area contributed by atoms with Crippen molar-refractivity contribution in [3.8, 4) is 0 Å². The fourth-order valence-corrected chi connectivity index (χ4v) is 3.08. The Morgan fingerprint density at radius 1 is 0.964 bits per heavy atom. The minimum Gasteiger partial charge on any atom is -0.354 e. The molecule has 0 radical (unpaired) electrons. The maximum atomic E-state index is 13.1. The Kier molecular flexibility index (Phi) is 8.34. The molecule has 1 atom stereocenters. The Balaban J connectivity index is 2.19. The number of hydrogen-bond donors (Lipinski definition) is 1. The molecular weight excluding hydrogens is 395 g/mol. The summed E-state index contributed by atoms with van der Waals surface area (Å²) >= 11 is 12.0. The van der Waals surface area contributed by atoms with Crippen LogP contribution in [0.3, 0.4) is 0 Å². The van der Waals surface area contributed by atoms with E-state index in [-0.39, 0.29) is 18.2 Å². The van der Waals surface area contributed by atoms with Gasteiger partial charge in [0.1, 0.15) is 6.04 Å². The van der Waals surface area contributed by atoms with E-state index in [1.165, 1.54) is 0 Å². The van der Waals surface area contributed by atoms with Gasteiger partial charge in [-0.05, 0) is 48.2 Å². The lowest BCUT2D eigenvalue weighted by molar-refractivity contribution is -0.140. The van der Waals surface area contributed by atoms with Crippen LogP contribution in [0, 0.1) is 5.92 Å². The van der Waals surface area contributed by atoms with Crippen molar-refractivity contribution < 1.29 is 9.59 Å². The normalized spacial score (nSPS) is 11.9. The number of nitrogens with one attached hydrogen (secondary N) is 1. The van der Waals surface area contributed by atoms with Crippen LogP contribution in [0.5, 0.6) is 0 Å². The van der Waals surface area contributed by atoms with Crippen LogP contribution in [0.15, 0.2) is 48.5 Å². The molecule has 0 unspecified atom stereocenters. The van der Waals surface area contributed by atoms with Gasteiger partial charge in [0.15, 0.2) is 0 Å². The second-order valence-electron chi connectivity index (χ2n) is 7.27. The molecule has 2 aromatic rings. The molecule has 0 aliphatic carbocycles. The molecule has 0 aliphatic rings. The van der Waals surface area contributed by atoms with Gasteiger partial charge >= 0.3 is 0 Å². The van der Waals surface area contributed by atoms with Gasteiger partial charge in [-0.2, -0.15) is 0 Å². The summed E-state index contributed by atoms with van der Waals surface area (Å²) in [7, 11) is 0. The van der Waals surface area contributed by atoms with E-state index in [1.54, 1.807) is 30.0 Å². The number of nitrogens with zero attached hydrogens (tertiary/aromatic N) is 1. The summed E-state index contributed by atoms with van der Waals surface area (Å²) in [6.07, 6.45) is 0.194. The highest BCUT2D eigenvalue weighted by molar-refractivity contribution is 6.30. The largest absolute Gasteiger partial charge is 0.354 e. The number of carbonyl (C=O) groups is 2. The average molecular weight is 421 g/mol. The van der Waals surface area contributed by atoms with E-state index in [0.717, 1.165) is 11.1 Å². The predicted molar refractivity (Wildman–Crippen MR) is 114 cm³/mol. The molecule has 0 heterocycles. The highest BCUT2D eigenvalue weighted by Crippen LogP contribution is 2.17. The number of carbonyl (C=O) groups excluding carboxylic acids is 2. The van der Waals surface area contributed by atoms with Crippen LogP contribution >= 0.6 is 23.2 Å². The van der Waals surface area contributed by atoms with Crippen LogP contribution in [0.2, 0.25) is 10.0 Å². The summed E-state index contributed by atoms with van der Waals surface area (Å²) < 4.78 is 0. The fourth-order valence-electron chi connectivity index (χ4n) is 2.75. The Bertz CT molecular complexity index is 806. The highest BCUT2D eigenvalue weighted by atomic mass is 35.5. The summed E-state index contributed by atoms with van der Waals surface area (Å²) in [5.41, 5.74) is 1.72. The molecule has 1 N–H and O–H groups in total. The zero-order chi connectivity index (χ0) is 20.7. The van der Waals surface area contributed by atoms with Gasteiger partial charge < -0.3 is 10.2 Å². The lowest BCUT2D eigenvalue weighted by Crippen LogP contribution is -2.48. The zero-order valence-corrected chi connectivity index (χ0v) is 17.9. The van der Waals surface area contributed by atoms with Crippen molar-refractivity contribution >= 4 is 35.0 Å². The second kappa shape index (κ2) is 10.5. The zero-order valence-electron chi connectivity index (χ0n) is 16.4. The van der Waals surface area contributed by atoms with Gasteiger partial charge in [0.25, 0.3) is 0 Å². The SMILES string of the molecule is CC(C)CNC(=O)[C@@H](C)N(Cc1cccc(Cl)c1)C(=O)Cc1ccc(Cl)cc1. The maximum absolute atomic E-state index is 13.1. The van der Waals surface area contributed by atoms with E-state index in [9.17, 15) is 9.59 Å². The van der Waals surface area contributed by atoms with Gasteiger partial charge in [-0.3, -0.25) is 9.59 Å². The van der Waals surface area contributed by atoms with E-state index < -0.39 is 6.04 Å². The molecule has 0 saturated carbocycles. The van der Waals surface area contributed by atoms with Gasteiger partial charge in [0.05, 0.1) is 6.42 Å². The molecule has 0 spiro atoms. The first-order valence-corrected chi connectivity index (χ1v) is 10.1. The summed E-state index contributed by atoms with van der Waals surface area (Å²) in [6.45, 7) is 6.68. The van der Waals surface area contributed by atoms with Crippen LogP contribution in [0.1, 0.15) is 31.9 Å².